The summed E-state index contributed by atoms with van der Waals surface area (Å²) >= 11 is 0. The van der Waals surface area contributed by atoms with Crippen LogP contribution in [0.15, 0.2) is 59.5 Å². The molecule has 34 heavy (non-hydrogen) atoms. The molecule has 0 fully saturated rings. The lowest BCUT2D eigenvalue weighted by molar-refractivity contribution is 0.0526. The highest BCUT2D eigenvalue weighted by Gasteiger charge is 2.27. The van der Waals surface area contributed by atoms with Crippen LogP contribution in [0, 0.1) is 0 Å². The summed E-state index contributed by atoms with van der Waals surface area (Å²) in [5.41, 5.74) is 5.47. The first-order chi connectivity index (χ1) is 15.9. The van der Waals surface area contributed by atoms with E-state index in [1.807, 2.05) is 0 Å². The van der Waals surface area contributed by atoms with Crippen molar-refractivity contribution in [2.75, 3.05) is 24.9 Å². The minimum Gasteiger partial charge on any atom is -0.443 e. The zero-order valence-electron chi connectivity index (χ0n) is 19.7. The van der Waals surface area contributed by atoms with Gasteiger partial charge in [-0.25, -0.2) is 17.8 Å². The lowest BCUT2D eigenvalue weighted by Gasteiger charge is -2.22. The number of carbonyl (C=O) groups excluding carboxylic acids is 2. The van der Waals surface area contributed by atoms with E-state index < -0.39 is 21.7 Å². The zero-order chi connectivity index (χ0) is 25.1. The quantitative estimate of drug-likeness (QED) is 0.525. The van der Waals surface area contributed by atoms with E-state index in [9.17, 15) is 18.0 Å². The maximum absolute atomic E-state index is 13.2. The van der Waals surface area contributed by atoms with Crippen LogP contribution in [0.25, 0.3) is 10.9 Å². The van der Waals surface area contributed by atoms with E-state index in [4.69, 9.17) is 10.5 Å². The number of ether oxygens (including phenoxy) is 1. The molecular formula is C24H30N4O5S. The molecule has 1 heterocycles. The molecule has 0 unspecified atom stereocenters. The van der Waals surface area contributed by atoms with Gasteiger partial charge in [-0.15, -0.1) is 0 Å². The van der Waals surface area contributed by atoms with Crippen molar-refractivity contribution in [3.63, 3.8) is 0 Å². The minimum atomic E-state index is -3.84. The lowest BCUT2D eigenvalue weighted by atomic mass is 10.2. The Labute approximate surface area is 199 Å². The molecule has 3 rings (SSSR count). The Hall–Kier alpha value is -3.37. The van der Waals surface area contributed by atoms with Gasteiger partial charge in [-0.05, 0) is 64.1 Å². The average molecular weight is 487 g/mol. The third-order valence-electron chi connectivity index (χ3n) is 4.95. The number of anilines is 1. The molecule has 0 spiro atoms. The molecule has 0 saturated carbocycles. The molecule has 1 aromatic heterocycles. The summed E-state index contributed by atoms with van der Waals surface area (Å²) in [5, 5.41) is 0.587. The van der Waals surface area contributed by atoms with Crippen LogP contribution >= 0.6 is 0 Å². The van der Waals surface area contributed by atoms with E-state index in [0.717, 1.165) is 0 Å². The van der Waals surface area contributed by atoms with Crippen LogP contribution in [0.1, 0.15) is 37.7 Å². The first-order valence-electron chi connectivity index (χ1n) is 10.9. The summed E-state index contributed by atoms with van der Waals surface area (Å²) in [5.74, 6) is -0.373. The molecule has 182 valence electrons. The fourth-order valence-electron chi connectivity index (χ4n) is 3.37. The molecule has 0 aliphatic carbocycles. The molecule has 1 amide bonds. The first kappa shape index (κ1) is 25.3. The van der Waals surface area contributed by atoms with Gasteiger partial charge in [0.2, 0.25) is 0 Å². The van der Waals surface area contributed by atoms with Gasteiger partial charge in [0, 0.05) is 19.0 Å². The number of nitrogens with zero attached hydrogens (tertiary/aromatic N) is 2. The number of nitrogens with one attached hydrogen (secondary N) is 1. The molecule has 3 N–H and O–H groups in total. The number of benzene rings is 2. The summed E-state index contributed by atoms with van der Waals surface area (Å²) < 4.78 is 34.8. The number of nitrogens with two attached hydrogens (primary N) is 1. The standard InChI is InChI=1S/C24H30N4O5S/c1-24(2,3)33-23(30)28-20-16-18(26-34(31,32)19-9-6-5-7-10-19)12-11-17(20)15-21(28)22(29)27(4)14-8-13-25/h5-7,9-12,15-16,26H,8,13-14,25H2,1-4H3. The van der Waals surface area contributed by atoms with Crippen molar-refractivity contribution in [2.24, 2.45) is 5.73 Å². The first-order valence-corrected chi connectivity index (χ1v) is 12.3. The summed E-state index contributed by atoms with van der Waals surface area (Å²) in [6.45, 7) is 6.03. The number of hydrogen-bond donors (Lipinski definition) is 2. The van der Waals surface area contributed by atoms with Crippen molar-refractivity contribution in [3.8, 4) is 0 Å². The maximum Gasteiger partial charge on any atom is 0.419 e. The molecule has 2 aromatic carbocycles. The average Bonchev–Trinajstić information content (AvgIpc) is 3.15. The maximum atomic E-state index is 13.2. The van der Waals surface area contributed by atoms with Crippen LogP contribution in [0.5, 0.6) is 0 Å². The van der Waals surface area contributed by atoms with Crippen LogP contribution in [0.2, 0.25) is 0 Å². The number of fused-ring (bicyclic) bond motifs is 1. The van der Waals surface area contributed by atoms with Crippen molar-refractivity contribution in [1.82, 2.24) is 9.47 Å². The summed E-state index contributed by atoms with van der Waals surface area (Å²) in [4.78, 5) is 27.9. The van der Waals surface area contributed by atoms with E-state index in [1.54, 1.807) is 64.2 Å². The summed E-state index contributed by atoms with van der Waals surface area (Å²) in [6.07, 6.45) is -0.124. The van der Waals surface area contributed by atoms with Crippen LogP contribution in [0.3, 0.4) is 0 Å². The van der Waals surface area contributed by atoms with Gasteiger partial charge in [0.15, 0.2) is 0 Å². The van der Waals surface area contributed by atoms with Gasteiger partial charge >= 0.3 is 6.09 Å². The number of amides is 1. The number of rotatable bonds is 7. The van der Waals surface area contributed by atoms with Crippen molar-refractivity contribution in [3.05, 3.63) is 60.3 Å². The Morgan fingerprint density at radius 2 is 1.76 bits per heavy atom. The molecular weight excluding hydrogens is 456 g/mol. The SMILES string of the molecule is CN(CCCN)C(=O)c1cc2ccc(NS(=O)(=O)c3ccccc3)cc2n1C(=O)OC(C)(C)C. The van der Waals surface area contributed by atoms with E-state index in [-0.39, 0.29) is 22.2 Å². The predicted molar refractivity (Wildman–Crippen MR) is 131 cm³/mol. The Morgan fingerprint density at radius 1 is 1.09 bits per heavy atom. The zero-order valence-corrected chi connectivity index (χ0v) is 20.6. The van der Waals surface area contributed by atoms with Crippen molar-refractivity contribution < 1.29 is 22.7 Å². The monoisotopic (exact) mass is 486 g/mol. The normalized spacial score (nSPS) is 11.9. The van der Waals surface area contributed by atoms with Crippen LogP contribution < -0.4 is 10.5 Å². The largest absolute Gasteiger partial charge is 0.443 e. The number of sulfonamides is 1. The molecule has 10 heteroatoms. The Bertz CT molecular complexity index is 1290. The van der Waals surface area contributed by atoms with E-state index in [1.165, 1.54) is 27.7 Å². The summed E-state index contributed by atoms with van der Waals surface area (Å²) in [6, 6.07) is 14.3. The molecule has 0 radical (unpaired) electrons. The van der Waals surface area contributed by atoms with E-state index in [0.29, 0.717) is 30.4 Å². The highest BCUT2D eigenvalue weighted by atomic mass is 32.2. The van der Waals surface area contributed by atoms with Crippen LogP contribution in [-0.2, 0) is 14.8 Å². The van der Waals surface area contributed by atoms with Gasteiger partial charge in [0.1, 0.15) is 11.3 Å². The second-order valence-electron chi connectivity index (χ2n) is 8.91. The second-order valence-corrected chi connectivity index (χ2v) is 10.6. The fraction of sp³-hybridized carbons (Fsp3) is 0.333. The smallest absolute Gasteiger partial charge is 0.419 e. The Morgan fingerprint density at radius 3 is 2.38 bits per heavy atom. The number of carbonyl (C=O) groups is 2. The van der Waals surface area contributed by atoms with Gasteiger partial charge in [-0.1, -0.05) is 24.3 Å². The van der Waals surface area contributed by atoms with Crippen LogP contribution in [-0.4, -0.2) is 55.6 Å². The van der Waals surface area contributed by atoms with Gasteiger partial charge in [-0.3, -0.25) is 9.52 Å². The topological polar surface area (TPSA) is 124 Å². The van der Waals surface area contributed by atoms with Gasteiger partial charge in [0.05, 0.1) is 16.1 Å². The molecule has 9 nitrogen and oxygen atoms in total. The minimum absolute atomic E-state index is 0.106. The molecule has 0 saturated heterocycles. The van der Waals surface area contributed by atoms with Crippen molar-refractivity contribution in [1.29, 1.82) is 0 Å². The molecule has 0 bridgehead atoms. The predicted octanol–water partition coefficient (Wildman–Crippen LogP) is 3.65. The van der Waals surface area contributed by atoms with Gasteiger partial charge in [0.25, 0.3) is 15.9 Å². The van der Waals surface area contributed by atoms with Gasteiger partial charge < -0.3 is 15.4 Å². The highest BCUT2D eigenvalue weighted by molar-refractivity contribution is 7.92. The van der Waals surface area contributed by atoms with E-state index >= 15 is 0 Å². The highest BCUT2D eigenvalue weighted by Crippen LogP contribution is 2.27. The van der Waals surface area contributed by atoms with Crippen LogP contribution in [0.4, 0.5) is 10.5 Å². The number of aromatic nitrogens is 1. The van der Waals surface area contributed by atoms with Crippen molar-refractivity contribution in [2.45, 2.75) is 37.7 Å². The Balaban J connectivity index is 2.08. The van der Waals surface area contributed by atoms with Crippen molar-refractivity contribution >= 4 is 38.6 Å². The summed E-state index contributed by atoms with van der Waals surface area (Å²) in [7, 11) is -2.21. The third kappa shape index (κ3) is 5.75. The fourth-order valence-corrected chi connectivity index (χ4v) is 4.44. The molecule has 0 atom stereocenters. The lowest BCUT2D eigenvalue weighted by Crippen LogP contribution is -2.34. The third-order valence-corrected chi connectivity index (χ3v) is 6.35. The molecule has 3 aromatic rings. The number of hydrogen-bond acceptors (Lipinski definition) is 6. The van der Waals surface area contributed by atoms with Gasteiger partial charge in [-0.2, -0.15) is 0 Å². The Kier molecular flexibility index (Phi) is 7.32. The molecule has 0 aliphatic heterocycles. The van der Waals surface area contributed by atoms with E-state index in [2.05, 4.69) is 4.72 Å². The second kappa shape index (κ2) is 9.86. The molecule has 0 aliphatic rings.